The molecule has 2 bridgehead atoms. The molecule has 2 saturated heterocycles. The van der Waals surface area contributed by atoms with Crippen molar-refractivity contribution in [3.05, 3.63) is 40.4 Å². The van der Waals surface area contributed by atoms with Crippen molar-refractivity contribution < 1.29 is 19.1 Å². The van der Waals surface area contributed by atoms with Crippen molar-refractivity contribution in [3.8, 4) is 0 Å². The second-order valence-corrected chi connectivity index (χ2v) is 11.1. The minimum Gasteiger partial charge on any atom is -0.359 e. The number of halogens is 2. The normalized spacial score (nSPS) is 32.6. The number of ether oxygens (including phenoxy) is 1. The first-order chi connectivity index (χ1) is 16.7. The number of benzene rings is 1. The minimum absolute atomic E-state index is 0.106. The Morgan fingerprint density at radius 3 is 2.49 bits per heavy atom. The second-order valence-electron chi connectivity index (χ2n) is 10.2. The largest absolute Gasteiger partial charge is 0.359 e. The highest BCUT2D eigenvalue weighted by atomic mass is 35.5. The van der Waals surface area contributed by atoms with E-state index in [1.54, 1.807) is 23.1 Å². The van der Waals surface area contributed by atoms with Crippen LogP contribution < -0.4 is 10.6 Å². The number of nitrogens with one attached hydrogen (secondary N) is 2. The van der Waals surface area contributed by atoms with Gasteiger partial charge in [-0.05, 0) is 44.4 Å². The molecule has 1 aliphatic carbocycles. The predicted octanol–water partition coefficient (Wildman–Crippen LogP) is 4.33. The van der Waals surface area contributed by atoms with Crippen molar-refractivity contribution in [2.75, 3.05) is 5.32 Å². The van der Waals surface area contributed by atoms with Gasteiger partial charge in [0.25, 0.3) is 0 Å². The lowest BCUT2D eigenvalue weighted by Crippen LogP contribution is -2.58. The third kappa shape index (κ3) is 4.15. The van der Waals surface area contributed by atoms with E-state index in [9.17, 15) is 14.4 Å². The summed E-state index contributed by atoms with van der Waals surface area (Å²) in [7, 11) is 0. The molecule has 0 radical (unpaired) electrons. The van der Waals surface area contributed by atoms with Crippen molar-refractivity contribution in [1.82, 2.24) is 10.2 Å². The summed E-state index contributed by atoms with van der Waals surface area (Å²) >= 11 is 12.2. The Morgan fingerprint density at radius 1 is 1.14 bits per heavy atom. The molecule has 3 heterocycles. The van der Waals surface area contributed by atoms with E-state index in [-0.39, 0.29) is 29.8 Å². The van der Waals surface area contributed by atoms with Crippen LogP contribution in [0, 0.1) is 11.8 Å². The molecule has 0 unspecified atom stereocenters. The maximum Gasteiger partial charge on any atom is 0.246 e. The van der Waals surface area contributed by atoms with Crippen molar-refractivity contribution in [3.63, 3.8) is 0 Å². The van der Waals surface area contributed by atoms with Gasteiger partial charge in [0.15, 0.2) is 0 Å². The number of carbonyl (C=O) groups excluding carboxylic acids is 3. The van der Waals surface area contributed by atoms with Crippen molar-refractivity contribution in [2.45, 2.75) is 82.2 Å². The number of amides is 3. The van der Waals surface area contributed by atoms with Crippen LogP contribution in [0.15, 0.2) is 30.4 Å². The van der Waals surface area contributed by atoms with Crippen molar-refractivity contribution in [1.29, 1.82) is 0 Å². The topological polar surface area (TPSA) is 87.7 Å². The third-order valence-corrected chi connectivity index (χ3v) is 8.45. The summed E-state index contributed by atoms with van der Waals surface area (Å²) in [6.45, 7) is 3.93. The summed E-state index contributed by atoms with van der Waals surface area (Å²) in [5.41, 5.74) is -0.707. The number of hydrogen-bond acceptors (Lipinski definition) is 4. The zero-order valence-corrected chi connectivity index (χ0v) is 21.4. The van der Waals surface area contributed by atoms with Gasteiger partial charge in [-0.3, -0.25) is 14.4 Å². The first-order valence-electron chi connectivity index (χ1n) is 12.5. The lowest BCUT2D eigenvalue weighted by atomic mass is 9.74. The summed E-state index contributed by atoms with van der Waals surface area (Å²) in [5.74, 6) is -2.29. The van der Waals surface area contributed by atoms with Gasteiger partial charge in [0, 0.05) is 27.8 Å². The molecule has 3 fully saturated rings. The number of likely N-dealkylation sites (tertiary alicyclic amines) is 1. The third-order valence-electron chi connectivity index (χ3n) is 8.01. The summed E-state index contributed by atoms with van der Waals surface area (Å²) in [6.07, 6.45) is 9.01. The molecular weight excluding hydrogens is 489 g/mol. The molecule has 3 aliphatic heterocycles. The quantitative estimate of drug-likeness (QED) is 0.547. The summed E-state index contributed by atoms with van der Waals surface area (Å²) in [4.78, 5) is 42.7. The van der Waals surface area contributed by atoms with E-state index in [0.29, 0.717) is 22.2 Å². The van der Waals surface area contributed by atoms with Gasteiger partial charge in [-0.15, -0.1) is 0 Å². The SMILES string of the molecule is CC[C@H](C)N1C(=O)[C@@H]2[C@@H](C(=O)Nc3cc(Cl)cc(Cl)c3)[C@@H]3C=C[C@@]2(O3)[C@@H]1C(=O)NC1CCCCC1. The van der Waals surface area contributed by atoms with Crippen molar-refractivity contribution >= 4 is 46.6 Å². The molecule has 6 atom stereocenters. The minimum atomic E-state index is -1.15. The smallest absolute Gasteiger partial charge is 0.246 e. The van der Waals surface area contributed by atoms with E-state index in [0.717, 1.165) is 25.7 Å². The average molecular weight is 520 g/mol. The molecule has 5 rings (SSSR count). The Bertz CT molecular complexity index is 1050. The Balaban J connectivity index is 1.45. The number of anilines is 1. The van der Waals surface area contributed by atoms with Gasteiger partial charge >= 0.3 is 0 Å². The Hall–Kier alpha value is -2.09. The van der Waals surface area contributed by atoms with Gasteiger partial charge in [-0.1, -0.05) is 61.5 Å². The van der Waals surface area contributed by atoms with Crippen LogP contribution in [0.1, 0.15) is 52.4 Å². The number of hydrogen-bond donors (Lipinski definition) is 2. The van der Waals surface area contributed by atoms with Crippen LogP contribution in [0.5, 0.6) is 0 Å². The van der Waals surface area contributed by atoms with Gasteiger partial charge in [0.1, 0.15) is 11.6 Å². The number of fused-ring (bicyclic) bond motifs is 1. The molecule has 1 spiro atoms. The maximum absolute atomic E-state index is 13.9. The number of rotatable bonds is 6. The van der Waals surface area contributed by atoms with Gasteiger partial charge in [-0.25, -0.2) is 0 Å². The lowest BCUT2D eigenvalue weighted by molar-refractivity contribution is -0.143. The highest BCUT2D eigenvalue weighted by Gasteiger charge is 2.73. The van der Waals surface area contributed by atoms with Crippen LogP contribution in [0.2, 0.25) is 10.0 Å². The molecular formula is C26H31Cl2N3O4. The summed E-state index contributed by atoms with van der Waals surface area (Å²) in [5, 5.41) is 6.85. The molecule has 1 aromatic rings. The number of nitrogens with zero attached hydrogens (tertiary/aromatic N) is 1. The van der Waals surface area contributed by atoms with Crippen LogP contribution in [-0.4, -0.2) is 52.5 Å². The van der Waals surface area contributed by atoms with Gasteiger partial charge in [0.05, 0.1) is 17.9 Å². The van der Waals surface area contributed by atoms with E-state index < -0.39 is 29.6 Å². The fourth-order valence-electron chi connectivity index (χ4n) is 6.26. The fraction of sp³-hybridized carbons (Fsp3) is 0.577. The molecule has 1 saturated carbocycles. The van der Waals surface area contributed by atoms with E-state index in [2.05, 4.69) is 10.6 Å². The molecule has 4 aliphatic rings. The van der Waals surface area contributed by atoms with E-state index in [1.807, 2.05) is 26.0 Å². The Labute approximate surface area is 215 Å². The standard InChI is InChI=1S/C26H31Cl2N3O4/c1-3-14(2)31-22(24(33)29-17-7-5-4-6-8-17)26-10-9-19(35-26)20(21(26)25(31)34)23(32)30-18-12-15(27)11-16(28)13-18/h9-14,17,19-22H,3-8H2,1-2H3,(H,29,33)(H,30,32)/t14-,19-,20-,21-,22-,26-/m0/s1. The highest BCUT2D eigenvalue weighted by Crippen LogP contribution is 2.55. The monoisotopic (exact) mass is 519 g/mol. The zero-order valence-electron chi connectivity index (χ0n) is 19.9. The summed E-state index contributed by atoms with van der Waals surface area (Å²) < 4.78 is 6.37. The van der Waals surface area contributed by atoms with E-state index in [1.165, 1.54) is 6.42 Å². The first-order valence-corrected chi connectivity index (χ1v) is 13.3. The molecule has 1 aromatic carbocycles. The lowest BCUT2D eigenvalue weighted by Gasteiger charge is -2.36. The molecule has 0 aromatic heterocycles. The highest BCUT2D eigenvalue weighted by molar-refractivity contribution is 6.35. The van der Waals surface area contributed by atoms with E-state index >= 15 is 0 Å². The average Bonchev–Trinajstić information content (AvgIpc) is 3.45. The Kier molecular flexibility index (Phi) is 6.62. The van der Waals surface area contributed by atoms with Gasteiger partial charge < -0.3 is 20.3 Å². The molecule has 7 nitrogen and oxygen atoms in total. The van der Waals surface area contributed by atoms with Crippen LogP contribution in [0.4, 0.5) is 5.69 Å². The molecule has 9 heteroatoms. The van der Waals surface area contributed by atoms with Gasteiger partial charge in [-0.2, -0.15) is 0 Å². The molecule has 35 heavy (non-hydrogen) atoms. The first kappa shape index (κ1) is 24.6. The second kappa shape index (κ2) is 9.41. The van der Waals surface area contributed by atoms with Gasteiger partial charge in [0.2, 0.25) is 17.7 Å². The zero-order chi connectivity index (χ0) is 24.9. The molecule has 188 valence electrons. The fourth-order valence-corrected chi connectivity index (χ4v) is 6.78. The van der Waals surface area contributed by atoms with Crippen molar-refractivity contribution in [2.24, 2.45) is 11.8 Å². The predicted molar refractivity (Wildman–Crippen MR) is 134 cm³/mol. The Morgan fingerprint density at radius 2 is 1.83 bits per heavy atom. The molecule has 3 amide bonds. The van der Waals surface area contributed by atoms with Crippen LogP contribution in [0.25, 0.3) is 0 Å². The summed E-state index contributed by atoms with van der Waals surface area (Å²) in [6, 6.07) is 3.92. The van der Waals surface area contributed by atoms with E-state index in [4.69, 9.17) is 27.9 Å². The van der Waals surface area contributed by atoms with Crippen LogP contribution in [0.3, 0.4) is 0 Å². The number of carbonyl (C=O) groups is 3. The van der Waals surface area contributed by atoms with Crippen LogP contribution >= 0.6 is 23.2 Å². The maximum atomic E-state index is 13.9. The molecule has 2 N–H and O–H groups in total. The van der Waals surface area contributed by atoms with Crippen LogP contribution in [-0.2, 0) is 19.1 Å².